The van der Waals surface area contributed by atoms with Gasteiger partial charge in [-0.2, -0.15) is 8.78 Å². The van der Waals surface area contributed by atoms with Crippen LogP contribution in [0, 0.1) is 23.3 Å². The first-order valence-corrected chi connectivity index (χ1v) is 11.5. The molecule has 0 saturated carbocycles. The molecule has 1 N–H and O–H groups in total. The standard InChI is InChI=1S/C28H26ClF4NO2/c1-6-11-36-27-23(32)21(30)25(22(31)24(27)33)34-14-17-12-19(29)13-20(26(17)35)15(2)16-7-9-18(10-8-16)28(3,4)5/h6-10,12-15,35H,1,11H2,2-5H3. The number of nitrogens with zero attached hydrogens (tertiary/aromatic N) is 1. The molecule has 190 valence electrons. The lowest BCUT2D eigenvalue weighted by Crippen LogP contribution is -2.11. The number of rotatable bonds is 7. The fourth-order valence-corrected chi connectivity index (χ4v) is 3.87. The van der Waals surface area contributed by atoms with E-state index in [2.05, 4.69) is 37.1 Å². The van der Waals surface area contributed by atoms with Crippen molar-refractivity contribution in [2.24, 2.45) is 4.99 Å². The second-order valence-corrected chi connectivity index (χ2v) is 9.75. The van der Waals surface area contributed by atoms with Gasteiger partial charge >= 0.3 is 0 Å². The Hall–Kier alpha value is -3.32. The van der Waals surface area contributed by atoms with Gasteiger partial charge in [0.05, 0.1) is 0 Å². The SMILES string of the molecule is C=CCOc1c(F)c(F)c(N=Cc2cc(Cl)cc(C(C)c3ccc(C(C)(C)C)cc3)c2O)c(F)c1F. The fourth-order valence-electron chi connectivity index (χ4n) is 3.64. The van der Waals surface area contributed by atoms with Gasteiger partial charge in [-0.1, -0.05) is 76.2 Å². The van der Waals surface area contributed by atoms with Crippen molar-refractivity contribution in [2.45, 2.75) is 39.0 Å². The van der Waals surface area contributed by atoms with Crippen molar-refractivity contribution in [2.75, 3.05) is 6.61 Å². The molecule has 0 aliphatic carbocycles. The van der Waals surface area contributed by atoms with Crippen molar-refractivity contribution in [1.29, 1.82) is 0 Å². The Bertz CT molecular complexity index is 1290. The summed E-state index contributed by atoms with van der Waals surface area (Å²) in [6, 6.07) is 10.8. The molecule has 0 radical (unpaired) electrons. The third-order valence-electron chi connectivity index (χ3n) is 5.76. The van der Waals surface area contributed by atoms with Crippen LogP contribution < -0.4 is 4.74 Å². The molecule has 36 heavy (non-hydrogen) atoms. The van der Waals surface area contributed by atoms with Gasteiger partial charge in [-0.05, 0) is 28.7 Å². The van der Waals surface area contributed by atoms with Crippen molar-refractivity contribution in [3.05, 3.63) is 99.6 Å². The minimum Gasteiger partial charge on any atom is -0.507 e. The molecular formula is C28H26ClF4NO2. The molecule has 0 aromatic heterocycles. The molecule has 3 nitrogen and oxygen atoms in total. The monoisotopic (exact) mass is 519 g/mol. The van der Waals surface area contributed by atoms with Gasteiger partial charge in [0.15, 0.2) is 17.4 Å². The van der Waals surface area contributed by atoms with Crippen LogP contribution in [0.4, 0.5) is 23.2 Å². The average Bonchev–Trinajstić information content (AvgIpc) is 2.83. The topological polar surface area (TPSA) is 41.8 Å². The van der Waals surface area contributed by atoms with E-state index in [4.69, 9.17) is 11.6 Å². The third kappa shape index (κ3) is 5.57. The van der Waals surface area contributed by atoms with E-state index in [9.17, 15) is 22.7 Å². The summed E-state index contributed by atoms with van der Waals surface area (Å²) in [5, 5.41) is 11.1. The minimum atomic E-state index is -1.74. The van der Waals surface area contributed by atoms with Gasteiger partial charge in [0.25, 0.3) is 0 Å². The number of benzene rings is 3. The van der Waals surface area contributed by atoms with Crippen LogP contribution in [-0.2, 0) is 5.41 Å². The van der Waals surface area contributed by atoms with Gasteiger partial charge < -0.3 is 9.84 Å². The highest BCUT2D eigenvalue weighted by Crippen LogP contribution is 2.38. The zero-order chi connectivity index (χ0) is 26.8. The molecule has 0 fully saturated rings. The van der Waals surface area contributed by atoms with Crippen LogP contribution in [0.5, 0.6) is 11.5 Å². The zero-order valence-corrected chi connectivity index (χ0v) is 21.1. The Kier molecular flexibility index (Phi) is 8.14. The molecule has 0 spiro atoms. The smallest absolute Gasteiger partial charge is 0.206 e. The Balaban J connectivity index is 2.00. The van der Waals surface area contributed by atoms with Crippen LogP contribution in [0.2, 0.25) is 5.02 Å². The number of phenolic OH excluding ortho intramolecular Hbond substituents is 1. The summed E-state index contributed by atoms with van der Waals surface area (Å²) >= 11 is 6.24. The van der Waals surface area contributed by atoms with E-state index in [0.717, 1.165) is 17.3 Å². The summed E-state index contributed by atoms with van der Waals surface area (Å²) in [7, 11) is 0. The molecule has 0 heterocycles. The average molecular weight is 520 g/mol. The summed E-state index contributed by atoms with van der Waals surface area (Å²) in [5.74, 6) is -8.67. The Labute approximate surface area is 212 Å². The molecule has 1 atom stereocenters. The predicted molar refractivity (Wildman–Crippen MR) is 135 cm³/mol. The van der Waals surface area contributed by atoms with Crippen LogP contribution in [0.3, 0.4) is 0 Å². The largest absolute Gasteiger partial charge is 0.507 e. The maximum absolute atomic E-state index is 14.5. The normalized spacial score (nSPS) is 12.7. The van der Waals surface area contributed by atoms with Gasteiger partial charge in [0.2, 0.25) is 11.6 Å². The van der Waals surface area contributed by atoms with Gasteiger partial charge in [-0.25, -0.2) is 13.8 Å². The molecule has 3 aromatic rings. The summed E-state index contributed by atoms with van der Waals surface area (Å²) in [6.45, 7) is 11.1. The lowest BCUT2D eigenvalue weighted by Gasteiger charge is -2.21. The quantitative estimate of drug-likeness (QED) is 0.147. The van der Waals surface area contributed by atoms with Crippen molar-refractivity contribution in [3.8, 4) is 11.5 Å². The molecule has 3 rings (SSSR count). The molecule has 0 aliphatic heterocycles. The van der Waals surface area contributed by atoms with Gasteiger partial charge in [0.1, 0.15) is 18.0 Å². The number of hydrogen-bond donors (Lipinski definition) is 1. The lowest BCUT2D eigenvalue weighted by atomic mass is 9.84. The summed E-state index contributed by atoms with van der Waals surface area (Å²) < 4.78 is 62.2. The fraction of sp³-hybridized carbons (Fsp3) is 0.250. The number of aliphatic imine (C=N–C) groups is 1. The molecule has 3 aromatic carbocycles. The first kappa shape index (κ1) is 27.3. The number of aromatic hydroxyl groups is 1. The molecular weight excluding hydrogens is 494 g/mol. The second-order valence-electron chi connectivity index (χ2n) is 9.32. The van der Waals surface area contributed by atoms with Gasteiger partial charge in [-0.15, -0.1) is 0 Å². The minimum absolute atomic E-state index is 0.0160. The number of hydrogen-bond acceptors (Lipinski definition) is 3. The van der Waals surface area contributed by atoms with E-state index in [1.165, 1.54) is 12.1 Å². The van der Waals surface area contributed by atoms with Gasteiger partial charge in [0, 0.05) is 28.3 Å². The van der Waals surface area contributed by atoms with E-state index >= 15 is 0 Å². The molecule has 0 aliphatic rings. The van der Waals surface area contributed by atoms with Gasteiger partial charge in [-0.3, -0.25) is 0 Å². The van der Waals surface area contributed by atoms with Crippen molar-refractivity contribution in [3.63, 3.8) is 0 Å². The molecule has 0 amide bonds. The highest BCUT2D eigenvalue weighted by Gasteiger charge is 2.26. The van der Waals surface area contributed by atoms with Crippen LogP contribution >= 0.6 is 11.6 Å². The molecule has 0 bridgehead atoms. The Morgan fingerprint density at radius 3 is 2.14 bits per heavy atom. The maximum atomic E-state index is 14.5. The van der Waals surface area contributed by atoms with E-state index in [-0.39, 0.29) is 34.3 Å². The lowest BCUT2D eigenvalue weighted by molar-refractivity contribution is 0.303. The van der Waals surface area contributed by atoms with E-state index in [1.54, 1.807) is 6.07 Å². The first-order valence-electron chi connectivity index (χ1n) is 11.1. The van der Waals surface area contributed by atoms with Crippen molar-refractivity contribution < 1.29 is 27.4 Å². The highest BCUT2D eigenvalue weighted by atomic mass is 35.5. The second kappa shape index (κ2) is 10.7. The van der Waals surface area contributed by atoms with Crippen LogP contribution in [-0.4, -0.2) is 17.9 Å². The van der Waals surface area contributed by atoms with E-state index < -0.39 is 34.7 Å². The number of halogens is 5. The highest BCUT2D eigenvalue weighted by molar-refractivity contribution is 6.31. The predicted octanol–water partition coefficient (Wildman–Crippen LogP) is 8.37. The van der Waals surface area contributed by atoms with Crippen molar-refractivity contribution >= 4 is 23.5 Å². The summed E-state index contributed by atoms with van der Waals surface area (Å²) in [6.07, 6.45) is 2.06. The molecule has 1 unspecified atom stereocenters. The Morgan fingerprint density at radius 1 is 1.03 bits per heavy atom. The van der Waals surface area contributed by atoms with Crippen molar-refractivity contribution in [1.82, 2.24) is 0 Å². The summed E-state index contributed by atoms with van der Waals surface area (Å²) in [4.78, 5) is 3.58. The van der Waals surface area contributed by atoms with Crippen LogP contribution in [0.15, 0.2) is 54.0 Å². The van der Waals surface area contributed by atoms with E-state index in [1.807, 2.05) is 31.2 Å². The van der Waals surface area contributed by atoms with Crippen LogP contribution in [0.1, 0.15) is 55.9 Å². The molecule has 8 heteroatoms. The maximum Gasteiger partial charge on any atom is 0.206 e. The molecule has 0 saturated heterocycles. The summed E-state index contributed by atoms with van der Waals surface area (Å²) in [5.41, 5.74) is 1.28. The number of ether oxygens (including phenoxy) is 1. The number of phenols is 1. The van der Waals surface area contributed by atoms with Crippen LogP contribution in [0.25, 0.3) is 0 Å². The Morgan fingerprint density at radius 2 is 1.61 bits per heavy atom. The first-order chi connectivity index (χ1) is 16.9. The van der Waals surface area contributed by atoms with E-state index in [0.29, 0.717) is 5.56 Å². The third-order valence-corrected chi connectivity index (χ3v) is 5.97. The zero-order valence-electron chi connectivity index (χ0n) is 20.3.